The van der Waals surface area contributed by atoms with Crippen molar-refractivity contribution in [3.05, 3.63) is 12.2 Å². The van der Waals surface area contributed by atoms with Crippen molar-refractivity contribution in [1.82, 2.24) is 0 Å². The summed E-state index contributed by atoms with van der Waals surface area (Å²) in [6.45, 7) is 1.73. The van der Waals surface area contributed by atoms with Crippen LogP contribution in [0.3, 0.4) is 0 Å². The number of carbonyl (C=O) groups is 1. The van der Waals surface area contributed by atoms with Gasteiger partial charge in [0.15, 0.2) is 0 Å². The van der Waals surface area contributed by atoms with E-state index in [0.717, 1.165) is 0 Å². The molecule has 0 aromatic rings. The fourth-order valence-electron chi connectivity index (χ4n) is 0.967. The summed E-state index contributed by atoms with van der Waals surface area (Å²) in [5.74, 6) is -0.263. The van der Waals surface area contributed by atoms with Crippen LogP contribution in [0.2, 0.25) is 0 Å². The molecule has 2 atom stereocenters. The van der Waals surface area contributed by atoms with Gasteiger partial charge in [-0.15, -0.1) is 0 Å². The quantitative estimate of drug-likeness (QED) is 0.471. The number of aliphatic hydroxyl groups is 1. The Morgan fingerprint density at radius 2 is 2.55 bits per heavy atom. The maximum absolute atomic E-state index is 10.7. The van der Waals surface area contributed by atoms with Crippen LogP contribution < -0.4 is 0 Å². The number of rotatable bonds is 2. The van der Waals surface area contributed by atoms with Crippen LogP contribution in [0.5, 0.6) is 0 Å². The third-order valence-electron chi connectivity index (χ3n) is 1.64. The van der Waals surface area contributed by atoms with E-state index < -0.39 is 12.2 Å². The first-order chi connectivity index (χ1) is 5.24. The summed E-state index contributed by atoms with van der Waals surface area (Å²) in [4.78, 5) is 10.7. The van der Waals surface area contributed by atoms with Crippen LogP contribution in [0.1, 0.15) is 19.8 Å². The predicted molar refractivity (Wildman–Crippen MR) is 39.9 cm³/mol. The lowest BCUT2D eigenvalue weighted by molar-refractivity contribution is -0.150. The molecule has 11 heavy (non-hydrogen) atoms. The standard InChI is InChI=1S/C8H12O3/c1-2-8(10)11-7-5-3-4-6(7)9/h3,5-7,9H,2,4H2,1H3. The molecular weight excluding hydrogens is 144 g/mol. The van der Waals surface area contributed by atoms with Crippen LogP contribution in [0.15, 0.2) is 12.2 Å². The number of hydrogen-bond donors (Lipinski definition) is 1. The zero-order chi connectivity index (χ0) is 8.27. The Kier molecular flexibility index (Phi) is 2.65. The minimum absolute atomic E-state index is 0.263. The zero-order valence-electron chi connectivity index (χ0n) is 6.49. The van der Waals surface area contributed by atoms with Gasteiger partial charge in [-0.25, -0.2) is 0 Å². The normalized spacial score (nSPS) is 28.9. The number of hydrogen-bond acceptors (Lipinski definition) is 3. The van der Waals surface area contributed by atoms with E-state index in [-0.39, 0.29) is 5.97 Å². The molecule has 0 aliphatic heterocycles. The van der Waals surface area contributed by atoms with E-state index in [0.29, 0.717) is 12.8 Å². The van der Waals surface area contributed by atoms with Gasteiger partial charge in [-0.3, -0.25) is 4.79 Å². The Hall–Kier alpha value is -0.830. The average Bonchev–Trinajstić information content (AvgIpc) is 2.37. The van der Waals surface area contributed by atoms with Crippen molar-refractivity contribution < 1.29 is 14.6 Å². The minimum Gasteiger partial charge on any atom is -0.455 e. The van der Waals surface area contributed by atoms with Gasteiger partial charge in [-0.1, -0.05) is 13.0 Å². The molecule has 0 heterocycles. The van der Waals surface area contributed by atoms with Gasteiger partial charge in [0, 0.05) is 6.42 Å². The second-order valence-electron chi connectivity index (χ2n) is 2.54. The highest BCUT2D eigenvalue weighted by atomic mass is 16.6. The zero-order valence-corrected chi connectivity index (χ0v) is 6.49. The largest absolute Gasteiger partial charge is 0.455 e. The van der Waals surface area contributed by atoms with Crippen molar-refractivity contribution in [2.24, 2.45) is 0 Å². The minimum atomic E-state index is -0.537. The van der Waals surface area contributed by atoms with Crippen LogP contribution in [0.25, 0.3) is 0 Å². The predicted octanol–water partition coefficient (Wildman–Crippen LogP) is 0.629. The van der Waals surface area contributed by atoms with E-state index >= 15 is 0 Å². The molecule has 1 aliphatic carbocycles. The van der Waals surface area contributed by atoms with Gasteiger partial charge in [-0.05, 0) is 12.5 Å². The van der Waals surface area contributed by atoms with Crippen LogP contribution in [0.4, 0.5) is 0 Å². The first kappa shape index (κ1) is 8.27. The van der Waals surface area contributed by atoms with Crippen molar-refractivity contribution >= 4 is 5.97 Å². The topological polar surface area (TPSA) is 46.5 Å². The summed E-state index contributed by atoms with van der Waals surface area (Å²) in [7, 11) is 0. The van der Waals surface area contributed by atoms with Crippen molar-refractivity contribution in [3.63, 3.8) is 0 Å². The van der Waals surface area contributed by atoms with Crippen LogP contribution in [-0.2, 0) is 9.53 Å². The van der Waals surface area contributed by atoms with Crippen LogP contribution in [-0.4, -0.2) is 23.3 Å². The third kappa shape index (κ3) is 2.05. The monoisotopic (exact) mass is 156 g/mol. The molecule has 0 saturated carbocycles. The smallest absolute Gasteiger partial charge is 0.306 e. The second-order valence-corrected chi connectivity index (χ2v) is 2.54. The van der Waals surface area contributed by atoms with Crippen molar-refractivity contribution in [3.8, 4) is 0 Å². The molecule has 2 unspecified atom stereocenters. The lowest BCUT2D eigenvalue weighted by Crippen LogP contribution is -2.25. The molecule has 0 aromatic carbocycles. The summed E-state index contributed by atoms with van der Waals surface area (Å²) in [5, 5.41) is 9.19. The number of esters is 1. The van der Waals surface area contributed by atoms with Gasteiger partial charge >= 0.3 is 5.97 Å². The third-order valence-corrected chi connectivity index (χ3v) is 1.64. The molecule has 0 fully saturated rings. The van der Waals surface area contributed by atoms with Crippen molar-refractivity contribution in [2.75, 3.05) is 0 Å². The SMILES string of the molecule is CCC(=O)OC1C=CCC1O. The van der Waals surface area contributed by atoms with E-state index in [2.05, 4.69) is 0 Å². The Morgan fingerprint density at radius 1 is 1.82 bits per heavy atom. The van der Waals surface area contributed by atoms with Crippen molar-refractivity contribution in [1.29, 1.82) is 0 Å². The number of carbonyl (C=O) groups excluding carboxylic acids is 1. The number of aliphatic hydroxyl groups excluding tert-OH is 1. The van der Waals surface area contributed by atoms with Gasteiger partial charge < -0.3 is 9.84 Å². The molecule has 0 amide bonds. The molecule has 1 N–H and O–H groups in total. The Morgan fingerprint density at radius 3 is 3.00 bits per heavy atom. The molecule has 0 aromatic heterocycles. The highest BCUT2D eigenvalue weighted by molar-refractivity contribution is 5.69. The van der Waals surface area contributed by atoms with Gasteiger partial charge in [-0.2, -0.15) is 0 Å². The molecule has 3 nitrogen and oxygen atoms in total. The van der Waals surface area contributed by atoms with Crippen LogP contribution >= 0.6 is 0 Å². The lowest BCUT2D eigenvalue weighted by atomic mass is 10.2. The van der Waals surface area contributed by atoms with Gasteiger partial charge in [0.05, 0.1) is 6.10 Å². The summed E-state index contributed by atoms with van der Waals surface area (Å²) in [5.41, 5.74) is 0. The summed E-state index contributed by atoms with van der Waals surface area (Å²) >= 11 is 0. The number of ether oxygens (including phenoxy) is 1. The first-order valence-corrected chi connectivity index (χ1v) is 3.78. The van der Waals surface area contributed by atoms with E-state index in [4.69, 9.17) is 4.74 Å². The molecule has 0 radical (unpaired) electrons. The fraction of sp³-hybridized carbons (Fsp3) is 0.625. The van der Waals surface area contributed by atoms with Gasteiger partial charge in [0.2, 0.25) is 0 Å². The molecule has 1 aliphatic rings. The van der Waals surface area contributed by atoms with Gasteiger partial charge in [0.1, 0.15) is 6.10 Å². The molecular formula is C8H12O3. The molecule has 0 spiro atoms. The van der Waals surface area contributed by atoms with E-state index in [1.165, 1.54) is 0 Å². The highest BCUT2D eigenvalue weighted by Crippen LogP contribution is 2.14. The summed E-state index contributed by atoms with van der Waals surface area (Å²) in [6, 6.07) is 0. The van der Waals surface area contributed by atoms with E-state index in [1.54, 1.807) is 13.0 Å². The second kappa shape index (κ2) is 3.53. The highest BCUT2D eigenvalue weighted by Gasteiger charge is 2.22. The van der Waals surface area contributed by atoms with Crippen molar-refractivity contribution in [2.45, 2.75) is 32.0 Å². The summed E-state index contributed by atoms with van der Waals surface area (Å²) in [6.07, 6.45) is 3.53. The van der Waals surface area contributed by atoms with E-state index in [1.807, 2.05) is 6.08 Å². The first-order valence-electron chi connectivity index (χ1n) is 3.78. The summed E-state index contributed by atoms with van der Waals surface area (Å²) < 4.78 is 4.90. The van der Waals surface area contributed by atoms with Gasteiger partial charge in [0.25, 0.3) is 0 Å². The Bertz CT molecular complexity index is 174. The van der Waals surface area contributed by atoms with E-state index in [9.17, 15) is 9.90 Å². The molecule has 0 saturated heterocycles. The fourth-order valence-corrected chi connectivity index (χ4v) is 0.967. The van der Waals surface area contributed by atoms with Crippen LogP contribution in [0, 0.1) is 0 Å². The molecule has 1 rings (SSSR count). The Balaban J connectivity index is 2.36. The maximum atomic E-state index is 10.7. The molecule has 62 valence electrons. The maximum Gasteiger partial charge on any atom is 0.306 e. The Labute approximate surface area is 65.7 Å². The molecule has 3 heteroatoms. The average molecular weight is 156 g/mol. The molecule has 0 bridgehead atoms. The lowest BCUT2D eigenvalue weighted by Gasteiger charge is -2.13.